The second-order valence-electron chi connectivity index (χ2n) is 8.65. The van der Waals surface area contributed by atoms with Crippen molar-refractivity contribution in [1.29, 1.82) is 0 Å². The van der Waals surface area contributed by atoms with Gasteiger partial charge >= 0.3 is 0 Å². The average Bonchev–Trinajstić information content (AvgIpc) is 3.39. The summed E-state index contributed by atoms with van der Waals surface area (Å²) >= 11 is 5.93. The van der Waals surface area contributed by atoms with E-state index in [1.54, 1.807) is 24.3 Å². The van der Waals surface area contributed by atoms with Crippen LogP contribution >= 0.6 is 11.6 Å². The Bertz CT molecular complexity index is 1270. The van der Waals surface area contributed by atoms with Gasteiger partial charge in [0.15, 0.2) is 0 Å². The van der Waals surface area contributed by atoms with E-state index >= 15 is 0 Å². The lowest BCUT2D eigenvalue weighted by Crippen LogP contribution is -2.26. The summed E-state index contributed by atoms with van der Waals surface area (Å²) in [6.07, 6.45) is -0.336. The van der Waals surface area contributed by atoms with E-state index < -0.39 is 6.10 Å². The fraction of sp³-hybridized carbons (Fsp3) is 0.259. The minimum absolute atomic E-state index is 0.0343. The smallest absolute Gasteiger partial charge is 0.223 e. The van der Waals surface area contributed by atoms with E-state index in [2.05, 4.69) is 0 Å². The number of halogens is 1. The van der Waals surface area contributed by atoms with Crippen LogP contribution in [0.15, 0.2) is 78.9 Å². The van der Waals surface area contributed by atoms with Crippen molar-refractivity contribution < 1.29 is 14.6 Å². The molecule has 174 valence electrons. The molecule has 1 N–H and O–H groups in total. The fourth-order valence-corrected chi connectivity index (χ4v) is 4.61. The molecule has 3 aromatic carbocycles. The van der Waals surface area contributed by atoms with E-state index in [1.165, 1.54) is 0 Å². The number of para-hydroxylation sites is 2. The number of imidazole rings is 1. The van der Waals surface area contributed by atoms with Gasteiger partial charge in [-0.3, -0.25) is 4.79 Å². The van der Waals surface area contributed by atoms with Gasteiger partial charge in [-0.25, -0.2) is 4.98 Å². The Morgan fingerprint density at radius 1 is 1.03 bits per heavy atom. The molecule has 1 aliphatic rings. The average molecular weight is 476 g/mol. The molecule has 5 rings (SSSR count). The summed E-state index contributed by atoms with van der Waals surface area (Å²) in [5.41, 5.74) is 2.91. The molecule has 0 radical (unpaired) electrons. The van der Waals surface area contributed by atoms with Crippen molar-refractivity contribution in [2.24, 2.45) is 0 Å². The highest BCUT2D eigenvalue weighted by atomic mass is 35.5. The third-order valence-electron chi connectivity index (χ3n) is 6.13. The number of hydrogen-bond donors (Lipinski definition) is 1. The molecule has 0 bridgehead atoms. The van der Waals surface area contributed by atoms with Crippen LogP contribution in [0.2, 0.25) is 5.02 Å². The first-order valence-corrected chi connectivity index (χ1v) is 11.8. The first kappa shape index (κ1) is 22.4. The van der Waals surface area contributed by atoms with Crippen LogP contribution in [0.3, 0.4) is 0 Å². The maximum atomic E-state index is 12.8. The quantitative estimate of drug-likeness (QED) is 0.403. The van der Waals surface area contributed by atoms with Crippen molar-refractivity contribution in [2.45, 2.75) is 31.5 Å². The first-order chi connectivity index (χ1) is 16.6. The molecule has 1 aliphatic heterocycles. The summed E-state index contributed by atoms with van der Waals surface area (Å²) < 4.78 is 7.78. The molecule has 0 unspecified atom stereocenters. The number of aromatic nitrogens is 2. The van der Waals surface area contributed by atoms with Crippen LogP contribution in [0, 0.1) is 0 Å². The molecule has 6 nitrogen and oxygen atoms in total. The second kappa shape index (κ2) is 9.87. The van der Waals surface area contributed by atoms with Crippen LogP contribution in [0.25, 0.3) is 11.0 Å². The number of likely N-dealkylation sites (tertiary alicyclic amines) is 1. The number of fused-ring (bicyclic) bond motifs is 1. The predicted molar refractivity (Wildman–Crippen MR) is 132 cm³/mol. The van der Waals surface area contributed by atoms with Crippen molar-refractivity contribution in [1.82, 2.24) is 14.5 Å². The first-order valence-electron chi connectivity index (χ1n) is 11.4. The molecule has 1 saturated heterocycles. The number of carbonyl (C=O) groups is 1. The highest BCUT2D eigenvalue weighted by Gasteiger charge is 2.34. The van der Waals surface area contributed by atoms with E-state index in [1.807, 2.05) is 64.1 Å². The van der Waals surface area contributed by atoms with Gasteiger partial charge in [0, 0.05) is 30.5 Å². The van der Waals surface area contributed by atoms with Crippen LogP contribution in [0.4, 0.5) is 0 Å². The SMILES string of the molecule is O=C1C[C@H](c2nc3ccccc3n2C[C@@H](O)COc2ccc(Cl)cc2)CN1Cc1ccccc1. The Hall–Kier alpha value is -3.35. The van der Waals surface area contributed by atoms with Crippen LogP contribution in [-0.4, -0.2) is 44.7 Å². The lowest BCUT2D eigenvalue weighted by molar-refractivity contribution is -0.128. The highest BCUT2D eigenvalue weighted by Crippen LogP contribution is 2.31. The van der Waals surface area contributed by atoms with Crippen molar-refractivity contribution in [3.8, 4) is 5.75 Å². The Labute approximate surface area is 203 Å². The number of hydrogen-bond acceptors (Lipinski definition) is 4. The molecule has 0 saturated carbocycles. The number of nitrogens with zero attached hydrogens (tertiary/aromatic N) is 3. The molecule has 1 aromatic heterocycles. The molecule has 1 fully saturated rings. The maximum absolute atomic E-state index is 12.8. The zero-order chi connectivity index (χ0) is 23.5. The molecule has 4 aromatic rings. The van der Waals surface area contributed by atoms with Crippen molar-refractivity contribution >= 4 is 28.5 Å². The monoisotopic (exact) mass is 475 g/mol. The van der Waals surface area contributed by atoms with Gasteiger partial charge in [0.2, 0.25) is 5.91 Å². The van der Waals surface area contributed by atoms with Crippen LogP contribution in [-0.2, 0) is 17.9 Å². The maximum Gasteiger partial charge on any atom is 0.223 e. The number of benzene rings is 3. The van der Waals surface area contributed by atoms with Crippen LogP contribution in [0.5, 0.6) is 5.75 Å². The fourth-order valence-electron chi connectivity index (χ4n) is 4.49. The van der Waals surface area contributed by atoms with Gasteiger partial charge in [0.25, 0.3) is 0 Å². The van der Waals surface area contributed by atoms with E-state index in [-0.39, 0.29) is 18.4 Å². The number of carbonyl (C=O) groups excluding carboxylic acids is 1. The zero-order valence-electron chi connectivity index (χ0n) is 18.7. The van der Waals surface area contributed by atoms with E-state index in [9.17, 15) is 9.90 Å². The summed E-state index contributed by atoms with van der Waals surface area (Å²) in [5, 5.41) is 11.4. The number of ether oxygens (including phenoxy) is 1. The Balaban J connectivity index is 1.33. The molecule has 7 heteroatoms. The Kier molecular flexibility index (Phi) is 6.52. The largest absolute Gasteiger partial charge is 0.491 e. The van der Waals surface area contributed by atoms with Crippen molar-refractivity contribution in [3.63, 3.8) is 0 Å². The summed E-state index contributed by atoms with van der Waals surface area (Å²) in [7, 11) is 0. The lowest BCUT2D eigenvalue weighted by Gasteiger charge is -2.19. The van der Waals surface area contributed by atoms with Gasteiger partial charge in [-0.15, -0.1) is 0 Å². The van der Waals surface area contributed by atoms with Gasteiger partial charge in [-0.2, -0.15) is 0 Å². The minimum atomic E-state index is -0.746. The lowest BCUT2D eigenvalue weighted by atomic mass is 10.1. The zero-order valence-corrected chi connectivity index (χ0v) is 19.4. The van der Waals surface area contributed by atoms with E-state index in [4.69, 9.17) is 21.3 Å². The predicted octanol–water partition coefficient (Wildman–Crippen LogP) is 4.65. The molecule has 1 amide bonds. The van der Waals surface area contributed by atoms with Gasteiger partial charge in [0.1, 0.15) is 24.3 Å². The normalized spacial score (nSPS) is 16.8. The van der Waals surface area contributed by atoms with E-state index in [0.717, 1.165) is 22.4 Å². The molecule has 34 heavy (non-hydrogen) atoms. The third-order valence-corrected chi connectivity index (χ3v) is 6.38. The Morgan fingerprint density at radius 2 is 1.76 bits per heavy atom. The molecular formula is C27H26ClN3O3. The number of aliphatic hydroxyl groups excluding tert-OH is 1. The molecule has 2 heterocycles. The summed E-state index contributed by atoms with van der Waals surface area (Å²) in [6, 6.07) is 24.9. The third kappa shape index (κ3) is 4.93. The van der Waals surface area contributed by atoms with Gasteiger partial charge in [0.05, 0.1) is 17.6 Å². The standard InChI is InChI=1S/C27H26ClN3O3/c28-21-10-12-23(13-11-21)34-18-22(32)17-31-25-9-5-4-8-24(25)29-27(31)20-14-26(33)30(16-20)15-19-6-2-1-3-7-19/h1-13,20,22,32H,14-18H2/t20-,22+/m0/s1. The van der Waals surface area contributed by atoms with Crippen LogP contribution in [0.1, 0.15) is 23.7 Å². The molecule has 2 atom stereocenters. The van der Waals surface area contributed by atoms with E-state index in [0.29, 0.717) is 36.8 Å². The number of amides is 1. The number of rotatable bonds is 8. The molecule has 0 spiro atoms. The second-order valence-corrected chi connectivity index (χ2v) is 9.09. The minimum Gasteiger partial charge on any atom is -0.491 e. The summed E-state index contributed by atoms with van der Waals surface area (Å²) in [5.74, 6) is 1.57. The van der Waals surface area contributed by atoms with Gasteiger partial charge < -0.3 is 19.3 Å². The molecular weight excluding hydrogens is 450 g/mol. The topological polar surface area (TPSA) is 67.6 Å². The summed E-state index contributed by atoms with van der Waals surface area (Å²) in [6.45, 7) is 1.66. The molecule has 0 aliphatic carbocycles. The highest BCUT2D eigenvalue weighted by molar-refractivity contribution is 6.30. The van der Waals surface area contributed by atoms with Gasteiger partial charge in [-0.05, 0) is 42.0 Å². The number of aliphatic hydroxyl groups is 1. The van der Waals surface area contributed by atoms with Gasteiger partial charge in [-0.1, -0.05) is 54.1 Å². The van der Waals surface area contributed by atoms with Crippen LogP contribution < -0.4 is 4.74 Å². The van der Waals surface area contributed by atoms with Crippen molar-refractivity contribution in [3.05, 3.63) is 95.3 Å². The summed E-state index contributed by atoms with van der Waals surface area (Å²) in [4.78, 5) is 19.6. The van der Waals surface area contributed by atoms with Crippen molar-refractivity contribution in [2.75, 3.05) is 13.2 Å². The Morgan fingerprint density at radius 3 is 2.56 bits per heavy atom.